The number of likely N-dealkylation sites (tertiary alicyclic amines) is 1. The van der Waals surface area contributed by atoms with Crippen LogP contribution in [0.5, 0.6) is 0 Å². The van der Waals surface area contributed by atoms with Gasteiger partial charge in [0, 0.05) is 31.5 Å². The maximum absolute atomic E-state index is 12.8. The third-order valence-electron chi connectivity index (χ3n) is 4.12. The normalized spacial score (nSPS) is 18.0. The number of nitrogens with one attached hydrogen (secondary N) is 1. The molecule has 2 aromatic heterocycles. The lowest BCUT2D eigenvalue weighted by molar-refractivity contribution is 0.154. The minimum atomic E-state index is -0.557. The number of anilines is 1. The average molecular weight is 317 g/mol. The summed E-state index contributed by atoms with van der Waals surface area (Å²) in [4.78, 5) is 17.9. The molecule has 0 aliphatic carbocycles. The fraction of sp³-hybridized carbons (Fsp3) is 0.438. The molecule has 0 unspecified atom stereocenters. The van der Waals surface area contributed by atoms with E-state index in [1.807, 2.05) is 21.8 Å². The molecule has 0 spiro atoms. The zero-order chi connectivity index (χ0) is 16.1. The van der Waals surface area contributed by atoms with E-state index in [0.717, 1.165) is 38.8 Å². The number of urea groups is 1. The molecule has 1 aliphatic rings. The van der Waals surface area contributed by atoms with Crippen LogP contribution in [0.25, 0.3) is 0 Å². The largest absolute Gasteiger partial charge is 0.322 e. The molecule has 1 N–H and O–H groups in total. The fourth-order valence-corrected chi connectivity index (χ4v) is 2.93. The maximum Gasteiger partial charge on any atom is 0.322 e. The molecule has 1 fully saturated rings. The Morgan fingerprint density at radius 2 is 2.30 bits per heavy atom. The standard InChI is InChI=1S/C16H20FN5O/c17-15-6-5-13(12-18-15)20-16(23)22-10-2-1-4-14(22)7-11-21-9-3-8-19-21/h3,5-6,8-9,12,14H,1-2,4,7,10-11H2,(H,20,23)/t14-/m1/s1. The van der Waals surface area contributed by atoms with E-state index in [1.54, 1.807) is 6.20 Å². The predicted octanol–water partition coefficient (Wildman–Crippen LogP) is 2.89. The second-order valence-electron chi connectivity index (χ2n) is 5.70. The molecule has 0 bridgehead atoms. The van der Waals surface area contributed by atoms with Gasteiger partial charge < -0.3 is 10.2 Å². The second kappa shape index (κ2) is 7.21. The smallest absolute Gasteiger partial charge is 0.321 e. The first-order valence-electron chi connectivity index (χ1n) is 7.89. The molecular weight excluding hydrogens is 297 g/mol. The van der Waals surface area contributed by atoms with Gasteiger partial charge in [-0.25, -0.2) is 9.78 Å². The van der Waals surface area contributed by atoms with Crippen LogP contribution in [-0.2, 0) is 6.54 Å². The molecule has 23 heavy (non-hydrogen) atoms. The summed E-state index contributed by atoms with van der Waals surface area (Å²) in [5, 5.41) is 7.00. The molecule has 1 saturated heterocycles. The first kappa shape index (κ1) is 15.5. The highest BCUT2D eigenvalue weighted by atomic mass is 19.1. The molecular formula is C16H20FN5O. The van der Waals surface area contributed by atoms with Crippen LogP contribution < -0.4 is 5.32 Å². The molecule has 2 aromatic rings. The van der Waals surface area contributed by atoms with Crippen molar-refractivity contribution in [1.29, 1.82) is 0 Å². The van der Waals surface area contributed by atoms with Gasteiger partial charge in [-0.2, -0.15) is 9.49 Å². The lowest BCUT2D eigenvalue weighted by Gasteiger charge is -2.35. The molecule has 0 aromatic carbocycles. The fourth-order valence-electron chi connectivity index (χ4n) is 2.93. The van der Waals surface area contributed by atoms with Crippen LogP contribution in [0.1, 0.15) is 25.7 Å². The first-order valence-corrected chi connectivity index (χ1v) is 7.89. The summed E-state index contributed by atoms with van der Waals surface area (Å²) in [5.41, 5.74) is 0.507. The van der Waals surface area contributed by atoms with E-state index in [-0.39, 0.29) is 12.1 Å². The Balaban J connectivity index is 1.60. The molecule has 1 aliphatic heterocycles. The zero-order valence-electron chi connectivity index (χ0n) is 12.9. The zero-order valence-corrected chi connectivity index (χ0v) is 12.9. The number of rotatable bonds is 4. The van der Waals surface area contributed by atoms with Crippen LogP contribution in [0.15, 0.2) is 36.8 Å². The molecule has 6 nitrogen and oxygen atoms in total. The van der Waals surface area contributed by atoms with Gasteiger partial charge in [0.2, 0.25) is 5.95 Å². The number of hydrogen-bond donors (Lipinski definition) is 1. The molecule has 3 rings (SSSR count). The van der Waals surface area contributed by atoms with Gasteiger partial charge in [-0.15, -0.1) is 0 Å². The van der Waals surface area contributed by atoms with E-state index in [1.165, 1.54) is 18.3 Å². The summed E-state index contributed by atoms with van der Waals surface area (Å²) in [5.74, 6) is -0.557. The number of piperidine rings is 1. The van der Waals surface area contributed by atoms with Crippen LogP contribution in [-0.4, -0.2) is 38.3 Å². The molecule has 0 saturated carbocycles. The SMILES string of the molecule is O=C(Nc1ccc(F)nc1)N1CCCC[C@@H]1CCn1cccn1. The summed E-state index contributed by atoms with van der Waals surface area (Å²) in [6.45, 7) is 1.53. The monoisotopic (exact) mass is 317 g/mol. The number of aromatic nitrogens is 3. The average Bonchev–Trinajstić information content (AvgIpc) is 3.09. The van der Waals surface area contributed by atoms with Crippen molar-refractivity contribution in [2.24, 2.45) is 0 Å². The molecule has 2 amide bonds. The predicted molar refractivity (Wildman–Crippen MR) is 84.4 cm³/mol. The molecule has 3 heterocycles. The summed E-state index contributed by atoms with van der Waals surface area (Å²) < 4.78 is 14.7. The van der Waals surface area contributed by atoms with Gasteiger partial charge in [0.05, 0.1) is 11.9 Å². The summed E-state index contributed by atoms with van der Waals surface area (Å²) in [7, 11) is 0. The Labute approximate surface area is 134 Å². The molecule has 122 valence electrons. The third-order valence-corrected chi connectivity index (χ3v) is 4.12. The highest BCUT2D eigenvalue weighted by Crippen LogP contribution is 2.21. The van der Waals surface area contributed by atoms with E-state index in [9.17, 15) is 9.18 Å². The number of carbonyl (C=O) groups is 1. The van der Waals surface area contributed by atoms with Gasteiger partial charge in [0.1, 0.15) is 0 Å². The quantitative estimate of drug-likeness (QED) is 0.882. The van der Waals surface area contributed by atoms with Crippen molar-refractivity contribution in [3.05, 3.63) is 42.7 Å². The summed E-state index contributed by atoms with van der Waals surface area (Å²) in [6.07, 6.45) is 9.02. The Morgan fingerprint density at radius 3 is 3.04 bits per heavy atom. The summed E-state index contributed by atoms with van der Waals surface area (Å²) in [6, 6.07) is 4.70. The van der Waals surface area contributed by atoms with Gasteiger partial charge in [-0.1, -0.05) is 0 Å². The Hall–Kier alpha value is -2.44. The topological polar surface area (TPSA) is 63.1 Å². The maximum atomic E-state index is 12.8. The Morgan fingerprint density at radius 1 is 1.39 bits per heavy atom. The minimum absolute atomic E-state index is 0.149. The van der Waals surface area contributed by atoms with E-state index in [2.05, 4.69) is 15.4 Å². The number of pyridine rings is 1. The number of hydrogen-bond acceptors (Lipinski definition) is 3. The molecule has 0 radical (unpaired) electrons. The summed E-state index contributed by atoms with van der Waals surface area (Å²) >= 11 is 0. The highest BCUT2D eigenvalue weighted by Gasteiger charge is 2.26. The number of halogens is 1. The van der Waals surface area contributed by atoms with E-state index < -0.39 is 5.95 Å². The van der Waals surface area contributed by atoms with Gasteiger partial charge in [-0.3, -0.25) is 4.68 Å². The number of carbonyl (C=O) groups excluding carboxylic acids is 1. The van der Waals surface area contributed by atoms with Crippen LogP contribution in [0.3, 0.4) is 0 Å². The molecule has 1 atom stereocenters. The van der Waals surface area contributed by atoms with Gasteiger partial charge >= 0.3 is 6.03 Å². The number of nitrogens with zero attached hydrogens (tertiary/aromatic N) is 4. The van der Waals surface area contributed by atoms with Gasteiger partial charge in [0.15, 0.2) is 0 Å². The van der Waals surface area contributed by atoms with E-state index >= 15 is 0 Å². The second-order valence-corrected chi connectivity index (χ2v) is 5.70. The first-order chi connectivity index (χ1) is 11.2. The van der Waals surface area contributed by atoms with Crippen LogP contribution in [0, 0.1) is 5.95 Å². The van der Waals surface area contributed by atoms with Crippen molar-refractivity contribution in [2.75, 3.05) is 11.9 Å². The van der Waals surface area contributed by atoms with Crippen molar-refractivity contribution in [1.82, 2.24) is 19.7 Å². The van der Waals surface area contributed by atoms with Crippen LogP contribution >= 0.6 is 0 Å². The molecule has 7 heteroatoms. The van der Waals surface area contributed by atoms with Gasteiger partial charge in [0.25, 0.3) is 0 Å². The van der Waals surface area contributed by atoms with Crippen molar-refractivity contribution in [3.8, 4) is 0 Å². The Kier molecular flexibility index (Phi) is 4.85. The van der Waals surface area contributed by atoms with Crippen LogP contribution in [0.4, 0.5) is 14.9 Å². The van der Waals surface area contributed by atoms with Crippen molar-refractivity contribution in [3.63, 3.8) is 0 Å². The third kappa shape index (κ3) is 4.06. The van der Waals surface area contributed by atoms with E-state index in [4.69, 9.17) is 0 Å². The number of aryl methyl sites for hydroxylation is 1. The van der Waals surface area contributed by atoms with Crippen LogP contribution in [0.2, 0.25) is 0 Å². The number of amides is 2. The highest BCUT2D eigenvalue weighted by molar-refractivity contribution is 5.89. The lowest BCUT2D eigenvalue weighted by Crippen LogP contribution is -2.46. The Bertz CT molecular complexity index is 628. The van der Waals surface area contributed by atoms with Crippen molar-refractivity contribution >= 4 is 11.7 Å². The minimum Gasteiger partial charge on any atom is -0.321 e. The van der Waals surface area contributed by atoms with Gasteiger partial charge in [-0.05, 0) is 43.9 Å². The van der Waals surface area contributed by atoms with E-state index in [0.29, 0.717) is 5.69 Å². The van der Waals surface area contributed by atoms with Crippen molar-refractivity contribution < 1.29 is 9.18 Å². The van der Waals surface area contributed by atoms with Crippen molar-refractivity contribution in [2.45, 2.75) is 38.3 Å². The lowest BCUT2D eigenvalue weighted by atomic mass is 10.00.